The van der Waals surface area contributed by atoms with Crippen molar-refractivity contribution in [1.82, 2.24) is 15.1 Å². The number of hydrogen-bond acceptors (Lipinski definition) is 2. The van der Waals surface area contributed by atoms with Gasteiger partial charge in [-0.05, 0) is 45.9 Å². The minimum absolute atomic E-state index is 0.329. The van der Waals surface area contributed by atoms with Crippen molar-refractivity contribution in [3.05, 3.63) is 52.3 Å². The van der Waals surface area contributed by atoms with Crippen LogP contribution >= 0.6 is 0 Å². The van der Waals surface area contributed by atoms with Gasteiger partial charge in [0.1, 0.15) is 0 Å². The van der Waals surface area contributed by atoms with E-state index in [-0.39, 0.29) is 0 Å². The summed E-state index contributed by atoms with van der Waals surface area (Å²) in [5.41, 5.74) is 6.50. The number of likely N-dealkylation sites (N-methyl/N-ethyl adjacent to an activating group) is 1. The molecule has 3 nitrogen and oxygen atoms in total. The molecule has 1 atom stereocenters. The number of aryl methyl sites for hydroxylation is 4. The Hall–Kier alpha value is -1.61. The Morgan fingerprint density at radius 2 is 1.76 bits per heavy atom. The average molecular weight is 285 g/mol. The van der Waals surface area contributed by atoms with Gasteiger partial charge in [-0.1, -0.05) is 36.2 Å². The van der Waals surface area contributed by atoms with Crippen molar-refractivity contribution in [1.29, 1.82) is 0 Å². The molecule has 0 aliphatic rings. The Balaban J connectivity index is 2.28. The van der Waals surface area contributed by atoms with Gasteiger partial charge in [-0.15, -0.1) is 0 Å². The third kappa shape index (κ3) is 3.73. The number of aromatic nitrogens is 2. The smallest absolute Gasteiger partial charge is 0.0624 e. The molecule has 3 heteroatoms. The van der Waals surface area contributed by atoms with Gasteiger partial charge in [0, 0.05) is 24.7 Å². The van der Waals surface area contributed by atoms with Crippen molar-refractivity contribution in [3.8, 4) is 0 Å². The summed E-state index contributed by atoms with van der Waals surface area (Å²) in [5.74, 6) is 0. The third-order valence-corrected chi connectivity index (χ3v) is 3.98. The second-order valence-electron chi connectivity index (χ2n) is 5.76. The molecule has 1 heterocycles. The van der Waals surface area contributed by atoms with Gasteiger partial charge < -0.3 is 5.32 Å². The number of nitrogens with zero attached hydrogens (tertiary/aromatic N) is 2. The Morgan fingerprint density at radius 3 is 2.29 bits per heavy atom. The maximum Gasteiger partial charge on any atom is 0.0624 e. The molecule has 114 valence electrons. The van der Waals surface area contributed by atoms with E-state index in [2.05, 4.69) is 67.1 Å². The van der Waals surface area contributed by atoms with Gasteiger partial charge in [-0.2, -0.15) is 5.10 Å². The Morgan fingerprint density at radius 1 is 1.10 bits per heavy atom. The second-order valence-corrected chi connectivity index (χ2v) is 5.76. The van der Waals surface area contributed by atoms with Crippen LogP contribution in [0.2, 0.25) is 0 Å². The van der Waals surface area contributed by atoms with Crippen LogP contribution in [0, 0.1) is 13.8 Å². The maximum absolute atomic E-state index is 4.65. The molecular weight excluding hydrogens is 258 g/mol. The van der Waals surface area contributed by atoms with E-state index in [4.69, 9.17) is 0 Å². The summed E-state index contributed by atoms with van der Waals surface area (Å²) in [6.07, 6.45) is 1.97. The molecule has 1 N–H and O–H groups in total. The van der Waals surface area contributed by atoms with Crippen molar-refractivity contribution in [2.24, 2.45) is 0 Å². The topological polar surface area (TPSA) is 29.9 Å². The third-order valence-electron chi connectivity index (χ3n) is 3.98. The lowest BCUT2D eigenvalue weighted by Gasteiger charge is -2.18. The molecule has 0 spiro atoms. The van der Waals surface area contributed by atoms with Gasteiger partial charge in [-0.3, -0.25) is 4.68 Å². The molecule has 0 aliphatic heterocycles. The van der Waals surface area contributed by atoms with Crippen LogP contribution in [0.5, 0.6) is 0 Å². The molecule has 0 bridgehead atoms. The summed E-state index contributed by atoms with van der Waals surface area (Å²) in [5, 5.41) is 8.11. The molecule has 0 saturated carbocycles. The van der Waals surface area contributed by atoms with Crippen molar-refractivity contribution in [2.75, 3.05) is 7.05 Å². The molecule has 21 heavy (non-hydrogen) atoms. The highest BCUT2D eigenvalue weighted by atomic mass is 15.3. The Bertz CT molecular complexity index is 578. The SMILES string of the molecule is CCc1cc(CC(NC)c2cc(C)cc(C)c2)n(CC)n1. The molecule has 0 radical (unpaired) electrons. The number of rotatable bonds is 6. The normalized spacial score (nSPS) is 12.6. The van der Waals surface area contributed by atoms with E-state index in [9.17, 15) is 0 Å². The molecule has 0 saturated heterocycles. The highest BCUT2D eigenvalue weighted by Crippen LogP contribution is 2.21. The molecule has 2 aromatic rings. The monoisotopic (exact) mass is 285 g/mol. The van der Waals surface area contributed by atoms with Crippen LogP contribution in [0.25, 0.3) is 0 Å². The van der Waals surface area contributed by atoms with E-state index >= 15 is 0 Å². The van der Waals surface area contributed by atoms with Gasteiger partial charge in [0.15, 0.2) is 0 Å². The van der Waals surface area contributed by atoms with E-state index < -0.39 is 0 Å². The van der Waals surface area contributed by atoms with E-state index in [1.54, 1.807) is 0 Å². The molecular formula is C18H27N3. The zero-order valence-corrected chi connectivity index (χ0v) is 13.9. The molecule has 0 aliphatic carbocycles. The van der Waals surface area contributed by atoms with Gasteiger partial charge in [-0.25, -0.2) is 0 Å². The van der Waals surface area contributed by atoms with E-state index in [0.717, 1.165) is 19.4 Å². The summed E-state index contributed by atoms with van der Waals surface area (Å²) < 4.78 is 2.13. The van der Waals surface area contributed by atoms with Crippen LogP contribution < -0.4 is 5.32 Å². The fourth-order valence-electron chi connectivity index (χ4n) is 2.93. The first kappa shape index (κ1) is 15.8. The predicted octanol–water partition coefficient (Wildman–Crippen LogP) is 3.59. The molecule has 1 aromatic carbocycles. The largest absolute Gasteiger partial charge is 0.313 e. The fraction of sp³-hybridized carbons (Fsp3) is 0.500. The summed E-state index contributed by atoms with van der Waals surface area (Å²) in [6.45, 7) is 9.56. The first-order chi connectivity index (χ1) is 10.1. The first-order valence-electron chi connectivity index (χ1n) is 7.88. The minimum Gasteiger partial charge on any atom is -0.313 e. The second kappa shape index (κ2) is 6.90. The lowest BCUT2D eigenvalue weighted by Crippen LogP contribution is -2.20. The van der Waals surface area contributed by atoms with Gasteiger partial charge >= 0.3 is 0 Å². The molecule has 2 rings (SSSR count). The van der Waals surface area contributed by atoms with Gasteiger partial charge in [0.2, 0.25) is 0 Å². The van der Waals surface area contributed by atoms with Crippen molar-refractivity contribution >= 4 is 0 Å². The van der Waals surface area contributed by atoms with Crippen LogP contribution in [-0.4, -0.2) is 16.8 Å². The van der Waals surface area contributed by atoms with Gasteiger partial charge in [0.05, 0.1) is 5.69 Å². The van der Waals surface area contributed by atoms with Crippen LogP contribution in [0.3, 0.4) is 0 Å². The Labute approximate surface area is 128 Å². The molecule has 0 amide bonds. The molecule has 1 unspecified atom stereocenters. The minimum atomic E-state index is 0.329. The first-order valence-corrected chi connectivity index (χ1v) is 7.88. The number of nitrogens with one attached hydrogen (secondary N) is 1. The predicted molar refractivity (Wildman–Crippen MR) is 88.7 cm³/mol. The van der Waals surface area contributed by atoms with E-state index in [1.807, 2.05) is 7.05 Å². The zero-order chi connectivity index (χ0) is 15.4. The van der Waals surface area contributed by atoms with Crippen LogP contribution in [0.4, 0.5) is 0 Å². The van der Waals surface area contributed by atoms with Crippen molar-refractivity contribution < 1.29 is 0 Å². The van der Waals surface area contributed by atoms with Crippen LogP contribution in [0.1, 0.15) is 48.0 Å². The Kier molecular flexibility index (Phi) is 5.18. The van der Waals surface area contributed by atoms with E-state index in [0.29, 0.717) is 6.04 Å². The molecule has 0 fully saturated rings. The highest BCUT2D eigenvalue weighted by molar-refractivity contribution is 5.31. The van der Waals surface area contributed by atoms with Crippen molar-refractivity contribution in [2.45, 2.75) is 53.1 Å². The van der Waals surface area contributed by atoms with Crippen molar-refractivity contribution in [3.63, 3.8) is 0 Å². The standard InChI is InChI=1S/C18H27N3/c1-6-16-11-17(21(7-2)20-16)12-18(19-5)15-9-13(3)8-14(4)10-15/h8-11,18-19H,6-7,12H2,1-5H3. The lowest BCUT2D eigenvalue weighted by atomic mass is 9.98. The number of benzene rings is 1. The summed E-state index contributed by atoms with van der Waals surface area (Å²) in [4.78, 5) is 0. The van der Waals surface area contributed by atoms with Crippen LogP contribution in [-0.2, 0) is 19.4 Å². The fourth-order valence-corrected chi connectivity index (χ4v) is 2.93. The summed E-state index contributed by atoms with van der Waals surface area (Å²) in [6, 6.07) is 9.36. The quantitative estimate of drug-likeness (QED) is 0.879. The maximum atomic E-state index is 4.65. The zero-order valence-electron chi connectivity index (χ0n) is 13.9. The summed E-state index contributed by atoms with van der Waals surface area (Å²) >= 11 is 0. The van der Waals surface area contributed by atoms with E-state index in [1.165, 1.54) is 28.1 Å². The van der Waals surface area contributed by atoms with Gasteiger partial charge in [0.25, 0.3) is 0 Å². The van der Waals surface area contributed by atoms with Crippen LogP contribution in [0.15, 0.2) is 24.3 Å². The average Bonchev–Trinajstić information content (AvgIpc) is 2.85. The highest BCUT2D eigenvalue weighted by Gasteiger charge is 2.15. The number of hydrogen-bond donors (Lipinski definition) is 1. The molecule has 1 aromatic heterocycles. The summed E-state index contributed by atoms with van der Waals surface area (Å²) in [7, 11) is 2.04. The lowest BCUT2D eigenvalue weighted by molar-refractivity contribution is 0.540.